The molecule has 1 atom stereocenters. The maximum atomic E-state index is 11.2. The van der Waals surface area contributed by atoms with Crippen molar-refractivity contribution in [2.45, 2.75) is 13.0 Å². The Hall–Kier alpha value is -1.55. The van der Waals surface area contributed by atoms with E-state index in [0.717, 1.165) is 5.69 Å². The highest BCUT2D eigenvalue weighted by Crippen LogP contribution is 2.20. The standard InChI is InChI=1S/C12H14N2OS/c1-9(10-5-6-16-8-10)13-11-3-4-12(15)14(2)7-11/h3-9,13H,1-2H3. The van der Waals surface area contributed by atoms with Crippen molar-refractivity contribution in [2.24, 2.45) is 7.05 Å². The fourth-order valence-corrected chi connectivity index (χ4v) is 2.29. The van der Waals surface area contributed by atoms with Crippen LogP contribution in [0.4, 0.5) is 5.69 Å². The minimum atomic E-state index is 0.00809. The Morgan fingerprint density at radius 2 is 2.19 bits per heavy atom. The van der Waals surface area contributed by atoms with Crippen LogP contribution in [0, 0.1) is 0 Å². The van der Waals surface area contributed by atoms with Gasteiger partial charge in [0.15, 0.2) is 0 Å². The van der Waals surface area contributed by atoms with Crippen LogP contribution in [-0.4, -0.2) is 4.57 Å². The molecule has 0 fully saturated rings. The predicted octanol–water partition coefficient (Wildman–Crippen LogP) is 2.62. The highest BCUT2D eigenvalue weighted by Gasteiger charge is 2.05. The van der Waals surface area contributed by atoms with E-state index >= 15 is 0 Å². The monoisotopic (exact) mass is 234 g/mol. The third-order valence-electron chi connectivity index (χ3n) is 2.51. The summed E-state index contributed by atoms with van der Waals surface area (Å²) in [4.78, 5) is 11.2. The molecule has 0 aliphatic carbocycles. The van der Waals surface area contributed by atoms with Gasteiger partial charge in [0.2, 0.25) is 5.56 Å². The second-order valence-electron chi connectivity index (χ2n) is 3.79. The Morgan fingerprint density at radius 1 is 1.38 bits per heavy atom. The lowest BCUT2D eigenvalue weighted by molar-refractivity contribution is 0.841. The summed E-state index contributed by atoms with van der Waals surface area (Å²) in [6.07, 6.45) is 1.81. The average Bonchev–Trinajstić information content (AvgIpc) is 2.77. The van der Waals surface area contributed by atoms with Crippen molar-refractivity contribution in [3.63, 3.8) is 0 Å². The number of anilines is 1. The van der Waals surface area contributed by atoms with Crippen LogP contribution in [0.5, 0.6) is 0 Å². The highest BCUT2D eigenvalue weighted by molar-refractivity contribution is 7.07. The summed E-state index contributed by atoms with van der Waals surface area (Å²) in [7, 11) is 1.75. The zero-order valence-corrected chi connectivity index (χ0v) is 10.1. The summed E-state index contributed by atoms with van der Waals surface area (Å²) in [5, 5.41) is 7.55. The summed E-state index contributed by atoms with van der Waals surface area (Å²) < 4.78 is 1.57. The first kappa shape index (κ1) is 11.0. The highest BCUT2D eigenvalue weighted by atomic mass is 32.1. The average molecular weight is 234 g/mol. The molecular weight excluding hydrogens is 220 g/mol. The SMILES string of the molecule is CC(Nc1ccc(=O)n(C)c1)c1ccsc1. The Morgan fingerprint density at radius 3 is 2.81 bits per heavy atom. The normalized spacial score (nSPS) is 12.4. The molecule has 2 aromatic rings. The molecule has 0 spiro atoms. The maximum Gasteiger partial charge on any atom is 0.250 e. The predicted molar refractivity (Wildman–Crippen MR) is 68.0 cm³/mol. The topological polar surface area (TPSA) is 34.0 Å². The molecule has 2 heterocycles. The third-order valence-corrected chi connectivity index (χ3v) is 3.21. The number of pyridine rings is 1. The van der Waals surface area contributed by atoms with Crippen molar-refractivity contribution in [2.75, 3.05) is 5.32 Å². The largest absolute Gasteiger partial charge is 0.377 e. The van der Waals surface area contributed by atoms with Gasteiger partial charge in [0.1, 0.15) is 0 Å². The quantitative estimate of drug-likeness (QED) is 0.885. The van der Waals surface area contributed by atoms with Crippen LogP contribution in [0.2, 0.25) is 0 Å². The molecule has 0 bridgehead atoms. The minimum absolute atomic E-state index is 0.00809. The van der Waals surface area contributed by atoms with E-state index in [1.807, 2.05) is 12.3 Å². The lowest BCUT2D eigenvalue weighted by atomic mass is 10.2. The number of rotatable bonds is 3. The maximum absolute atomic E-state index is 11.2. The molecule has 1 unspecified atom stereocenters. The van der Waals surface area contributed by atoms with Crippen LogP contribution >= 0.6 is 11.3 Å². The van der Waals surface area contributed by atoms with Crippen molar-refractivity contribution in [3.8, 4) is 0 Å². The van der Waals surface area contributed by atoms with Gasteiger partial charge in [-0.2, -0.15) is 11.3 Å². The van der Waals surface area contributed by atoms with Crippen LogP contribution in [0.25, 0.3) is 0 Å². The summed E-state index contributed by atoms with van der Waals surface area (Å²) in [5.41, 5.74) is 2.23. The van der Waals surface area contributed by atoms with Crippen molar-refractivity contribution in [3.05, 3.63) is 51.1 Å². The van der Waals surface area contributed by atoms with E-state index < -0.39 is 0 Å². The van der Waals surface area contributed by atoms with Crippen LogP contribution < -0.4 is 10.9 Å². The third kappa shape index (κ3) is 2.33. The minimum Gasteiger partial charge on any atom is -0.377 e. The fraction of sp³-hybridized carbons (Fsp3) is 0.250. The van der Waals surface area contributed by atoms with Crippen LogP contribution in [0.1, 0.15) is 18.5 Å². The number of nitrogens with one attached hydrogen (secondary N) is 1. The van der Waals surface area contributed by atoms with E-state index in [4.69, 9.17) is 0 Å². The molecular formula is C12H14N2OS. The van der Waals surface area contributed by atoms with Gasteiger partial charge in [-0.3, -0.25) is 4.79 Å². The first-order valence-corrected chi connectivity index (χ1v) is 6.06. The molecule has 0 amide bonds. The summed E-state index contributed by atoms with van der Waals surface area (Å²) in [5.74, 6) is 0. The molecule has 0 aromatic carbocycles. The van der Waals surface area contributed by atoms with Crippen LogP contribution in [0.15, 0.2) is 40.0 Å². The number of aryl methyl sites for hydroxylation is 1. The first-order valence-electron chi connectivity index (χ1n) is 5.12. The smallest absolute Gasteiger partial charge is 0.250 e. The molecule has 4 heteroatoms. The molecule has 84 valence electrons. The molecule has 2 rings (SSSR count). The van der Waals surface area contributed by atoms with Gasteiger partial charge in [-0.25, -0.2) is 0 Å². The summed E-state index contributed by atoms with van der Waals surface area (Å²) >= 11 is 1.69. The Balaban J connectivity index is 2.15. The summed E-state index contributed by atoms with van der Waals surface area (Å²) in [6.45, 7) is 2.10. The zero-order chi connectivity index (χ0) is 11.5. The second kappa shape index (κ2) is 4.53. The van der Waals surface area contributed by atoms with Gasteiger partial charge >= 0.3 is 0 Å². The second-order valence-corrected chi connectivity index (χ2v) is 4.57. The molecule has 0 saturated heterocycles. The lowest BCUT2D eigenvalue weighted by Crippen LogP contribution is -2.16. The molecule has 0 aliphatic heterocycles. The first-order chi connectivity index (χ1) is 7.66. The van der Waals surface area contributed by atoms with Gasteiger partial charge < -0.3 is 9.88 Å². The molecule has 0 saturated carbocycles. The Bertz CT molecular complexity index is 516. The lowest BCUT2D eigenvalue weighted by Gasteiger charge is -2.14. The Kier molecular flexibility index (Phi) is 3.10. The van der Waals surface area contributed by atoms with E-state index in [2.05, 4.69) is 29.1 Å². The van der Waals surface area contributed by atoms with Gasteiger partial charge in [0, 0.05) is 25.4 Å². The molecule has 0 radical (unpaired) electrons. The van der Waals surface area contributed by atoms with Crippen LogP contribution in [-0.2, 0) is 7.05 Å². The molecule has 16 heavy (non-hydrogen) atoms. The van der Waals surface area contributed by atoms with E-state index in [9.17, 15) is 4.79 Å². The van der Waals surface area contributed by atoms with Gasteiger partial charge in [-0.15, -0.1) is 0 Å². The van der Waals surface area contributed by atoms with Crippen LogP contribution in [0.3, 0.4) is 0 Å². The van der Waals surface area contributed by atoms with E-state index in [-0.39, 0.29) is 11.6 Å². The van der Waals surface area contributed by atoms with Gasteiger partial charge in [-0.1, -0.05) is 0 Å². The summed E-state index contributed by atoms with van der Waals surface area (Å²) in [6, 6.07) is 5.74. The number of nitrogens with zero attached hydrogens (tertiary/aromatic N) is 1. The van der Waals surface area contributed by atoms with E-state index in [0.29, 0.717) is 0 Å². The van der Waals surface area contributed by atoms with Gasteiger partial charge in [0.05, 0.1) is 5.69 Å². The molecule has 2 aromatic heterocycles. The fourth-order valence-electron chi connectivity index (χ4n) is 1.53. The van der Waals surface area contributed by atoms with Crippen molar-refractivity contribution in [1.82, 2.24) is 4.57 Å². The number of thiophene rings is 1. The zero-order valence-electron chi connectivity index (χ0n) is 9.31. The van der Waals surface area contributed by atoms with Gasteiger partial charge in [-0.05, 0) is 35.4 Å². The number of hydrogen-bond acceptors (Lipinski definition) is 3. The number of hydrogen-bond donors (Lipinski definition) is 1. The van der Waals surface area contributed by atoms with Gasteiger partial charge in [0.25, 0.3) is 0 Å². The van der Waals surface area contributed by atoms with Crippen molar-refractivity contribution in [1.29, 1.82) is 0 Å². The molecule has 3 nitrogen and oxygen atoms in total. The van der Waals surface area contributed by atoms with Crippen molar-refractivity contribution >= 4 is 17.0 Å². The van der Waals surface area contributed by atoms with E-state index in [1.54, 1.807) is 29.0 Å². The Labute approximate surface area is 98.4 Å². The number of aromatic nitrogens is 1. The molecule has 1 N–H and O–H groups in total. The molecule has 0 aliphatic rings. The van der Waals surface area contributed by atoms with E-state index in [1.165, 1.54) is 5.56 Å². The van der Waals surface area contributed by atoms with Crippen molar-refractivity contribution < 1.29 is 0 Å².